The molecule has 1 aliphatic carbocycles. The fourth-order valence-electron chi connectivity index (χ4n) is 4.61. The number of nitrogens with zero attached hydrogens (tertiary/aromatic N) is 3. The van der Waals surface area contributed by atoms with Gasteiger partial charge in [-0.15, -0.1) is 0 Å². The van der Waals surface area contributed by atoms with E-state index in [2.05, 4.69) is 5.32 Å². The average Bonchev–Trinajstić information content (AvgIpc) is 2.89. The summed E-state index contributed by atoms with van der Waals surface area (Å²) in [5.74, 6) is -1.69. The van der Waals surface area contributed by atoms with Crippen LogP contribution in [0.5, 0.6) is 0 Å². The highest BCUT2D eigenvalue weighted by molar-refractivity contribution is 7.90. The van der Waals surface area contributed by atoms with Crippen LogP contribution in [0.15, 0.2) is 48.5 Å². The van der Waals surface area contributed by atoms with E-state index in [-0.39, 0.29) is 24.2 Å². The first-order valence-corrected chi connectivity index (χ1v) is 14.6. The predicted octanol–water partition coefficient (Wildman–Crippen LogP) is 4.35. The zero-order valence-corrected chi connectivity index (χ0v) is 23.6. The van der Waals surface area contributed by atoms with Gasteiger partial charge in [0.2, 0.25) is 11.8 Å². The third-order valence-electron chi connectivity index (χ3n) is 6.74. The quantitative estimate of drug-likeness (QED) is 0.438. The van der Waals surface area contributed by atoms with Crippen molar-refractivity contribution in [2.75, 3.05) is 24.9 Å². The van der Waals surface area contributed by atoms with Gasteiger partial charge in [-0.05, 0) is 49.1 Å². The Morgan fingerprint density at radius 3 is 2.26 bits per heavy atom. The number of anilines is 1. The zero-order valence-electron chi connectivity index (χ0n) is 22.1. The molecule has 3 rings (SSSR count). The second kappa shape index (κ2) is 13.4. The Labute approximate surface area is 229 Å². The van der Waals surface area contributed by atoms with E-state index in [4.69, 9.17) is 11.6 Å². The van der Waals surface area contributed by atoms with Gasteiger partial charge in [-0.3, -0.25) is 9.59 Å². The number of carbonyl (C=O) groups excluding carboxylic acids is 2. The molecule has 1 fully saturated rings. The van der Waals surface area contributed by atoms with E-state index in [0.29, 0.717) is 11.4 Å². The summed E-state index contributed by atoms with van der Waals surface area (Å²) in [4.78, 5) is 28.6. The van der Waals surface area contributed by atoms with Crippen molar-refractivity contribution in [2.45, 2.75) is 64.1 Å². The third-order valence-corrected chi connectivity index (χ3v) is 8.80. The second-order valence-corrected chi connectivity index (χ2v) is 12.2. The molecule has 11 heteroatoms. The van der Waals surface area contributed by atoms with Crippen LogP contribution in [0.4, 0.5) is 10.1 Å². The van der Waals surface area contributed by atoms with Crippen LogP contribution in [0.2, 0.25) is 5.02 Å². The maximum absolute atomic E-state index is 14.8. The Bertz CT molecular complexity index is 1200. The van der Waals surface area contributed by atoms with Crippen molar-refractivity contribution >= 4 is 39.3 Å². The van der Waals surface area contributed by atoms with Crippen LogP contribution >= 0.6 is 11.6 Å². The largest absolute Gasteiger partial charge is 0.352 e. The summed E-state index contributed by atoms with van der Waals surface area (Å²) in [6, 6.07) is 11.5. The number of benzene rings is 2. The van der Waals surface area contributed by atoms with Crippen LogP contribution in [0.3, 0.4) is 0 Å². The van der Waals surface area contributed by atoms with Crippen LogP contribution in [0, 0.1) is 5.82 Å². The van der Waals surface area contributed by atoms with Crippen LogP contribution in [0.1, 0.15) is 51.0 Å². The SMILES string of the molecule is CCC(C(=O)NC1CCCCC1)N(Cc1ccc(Cl)cc1)C(=O)CN(c1ccccc1F)S(=O)(=O)N(C)C. The molecule has 38 heavy (non-hydrogen) atoms. The third kappa shape index (κ3) is 7.45. The summed E-state index contributed by atoms with van der Waals surface area (Å²) in [6.07, 6.45) is 5.30. The average molecular weight is 567 g/mol. The van der Waals surface area contributed by atoms with Crippen LogP contribution < -0.4 is 9.62 Å². The van der Waals surface area contributed by atoms with E-state index in [9.17, 15) is 22.4 Å². The lowest BCUT2D eigenvalue weighted by molar-refractivity contribution is -0.140. The van der Waals surface area contributed by atoms with Gasteiger partial charge >= 0.3 is 10.2 Å². The van der Waals surface area contributed by atoms with Crippen LogP contribution in [0.25, 0.3) is 0 Å². The Kier molecular flexibility index (Phi) is 10.5. The molecule has 0 heterocycles. The highest BCUT2D eigenvalue weighted by Crippen LogP contribution is 2.25. The lowest BCUT2D eigenvalue weighted by Gasteiger charge is -2.35. The van der Waals surface area contributed by atoms with Gasteiger partial charge in [0.05, 0.1) is 5.69 Å². The minimum atomic E-state index is -4.24. The topological polar surface area (TPSA) is 90.0 Å². The number of carbonyl (C=O) groups is 2. The van der Waals surface area contributed by atoms with E-state index in [1.165, 1.54) is 37.2 Å². The van der Waals surface area contributed by atoms with Gasteiger partial charge in [0.15, 0.2) is 0 Å². The van der Waals surface area contributed by atoms with Crippen LogP contribution in [-0.2, 0) is 26.3 Å². The van der Waals surface area contributed by atoms with E-state index in [0.717, 1.165) is 52.3 Å². The number of para-hydroxylation sites is 1. The maximum Gasteiger partial charge on any atom is 0.304 e. The molecule has 0 aliphatic heterocycles. The van der Waals surface area contributed by atoms with Gasteiger partial charge in [0.1, 0.15) is 18.4 Å². The summed E-state index contributed by atoms with van der Waals surface area (Å²) >= 11 is 6.03. The van der Waals surface area contributed by atoms with Crippen molar-refractivity contribution in [1.82, 2.24) is 14.5 Å². The molecule has 208 valence electrons. The first kappa shape index (κ1) is 29.9. The van der Waals surface area contributed by atoms with Crippen LogP contribution in [-0.4, -0.2) is 62.2 Å². The first-order chi connectivity index (χ1) is 18.0. The molecule has 0 bridgehead atoms. The summed E-state index contributed by atoms with van der Waals surface area (Å²) in [7, 11) is -1.61. The number of hydrogen-bond acceptors (Lipinski definition) is 4. The lowest BCUT2D eigenvalue weighted by atomic mass is 9.95. The summed E-state index contributed by atoms with van der Waals surface area (Å²) < 4.78 is 42.8. The van der Waals surface area contributed by atoms with Gasteiger partial charge in [-0.25, -0.2) is 8.70 Å². The van der Waals surface area contributed by atoms with Gasteiger partial charge < -0.3 is 10.2 Å². The molecule has 1 atom stereocenters. The Hall–Kier alpha value is -2.69. The van der Waals surface area contributed by atoms with Gasteiger partial charge in [0.25, 0.3) is 0 Å². The van der Waals surface area contributed by atoms with Crippen molar-refractivity contribution in [1.29, 1.82) is 0 Å². The van der Waals surface area contributed by atoms with E-state index in [1.807, 2.05) is 0 Å². The van der Waals surface area contributed by atoms with E-state index < -0.39 is 34.5 Å². The molecule has 0 saturated heterocycles. The number of amides is 2. The minimum Gasteiger partial charge on any atom is -0.352 e. The molecular formula is C27H36ClFN4O4S. The molecule has 2 amide bonds. The Morgan fingerprint density at radius 2 is 1.68 bits per heavy atom. The van der Waals surface area contributed by atoms with Crippen molar-refractivity contribution in [3.8, 4) is 0 Å². The van der Waals surface area contributed by atoms with E-state index in [1.54, 1.807) is 31.2 Å². The Balaban J connectivity index is 1.96. The normalized spacial score (nSPS) is 15.2. The van der Waals surface area contributed by atoms with Crippen molar-refractivity contribution in [2.24, 2.45) is 0 Å². The molecule has 2 aromatic carbocycles. The standard InChI is InChI=1S/C27H36ClFN4O4S/c1-4-24(27(35)30-22-10-6-5-7-11-22)32(18-20-14-16-21(28)17-15-20)26(34)19-33(38(36,37)31(2)3)25-13-9-8-12-23(25)29/h8-9,12-17,22,24H,4-7,10-11,18-19H2,1-3H3,(H,30,35). The summed E-state index contributed by atoms with van der Waals surface area (Å²) in [5, 5.41) is 3.61. The zero-order chi connectivity index (χ0) is 27.9. The van der Waals surface area contributed by atoms with Crippen molar-refractivity contribution in [3.63, 3.8) is 0 Å². The van der Waals surface area contributed by atoms with Gasteiger partial charge in [-0.1, -0.05) is 62.1 Å². The number of halogens is 2. The molecule has 2 aromatic rings. The molecule has 1 unspecified atom stereocenters. The summed E-state index contributed by atoms with van der Waals surface area (Å²) in [6.45, 7) is 1.18. The molecule has 8 nitrogen and oxygen atoms in total. The number of hydrogen-bond donors (Lipinski definition) is 1. The van der Waals surface area contributed by atoms with Crippen molar-refractivity contribution < 1.29 is 22.4 Å². The van der Waals surface area contributed by atoms with Gasteiger partial charge in [0, 0.05) is 31.7 Å². The monoisotopic (exact) mass is 566 g/mol. The summed E-state index contributed by atoms with van der Waals surface area (Å²) in [5.41, 5.74) is 0.472. The molecule has 1 saturated carbocycles. The highest BCUT2D eigenvalue weighted by Gasteiger charge is 2.35. The van der Waals surface area contributed by atoms with E-state index >= 15 is 0 Å². The molecule has 0 radical (unpaired) electrons. The number of nitrogens with one attached hydrogen (secondary N) is 1. The fourth-order valence-corrected chi connectivity index (χ4v) is 5.80. The second-order valence-electron chi connectivity index (χ2n) is 9.66. The molecule has 0 spiro atoms. The van der Waals surface area contributed by atoms with Gasteiger partial charge in [-0.2, -0.15) is 12.7 Å². The smallest absolute Gasteiger partial charge is 0.304 e. The van der Waals surface area contributed by atoms with Crippen molar-refractivity contribution in [3.05, 3.63) is 64.9 Å². The predicted molar refractivity (Wildman–Crippen MR) is 147 cm³/mol. The minimum absolute atomic E-state index is 0.0433. The first-order valence-electron chi connectivity index (χ1n) is 12.8. The molecule has 1 N–H and O–H groups in total. The molecular weight excluding hydrogens is 531 g/mol. The molecule has 1 aliphatic rings. The lowest BCUT2D eigenvalue weighted by Crippen LogP contribution is -2.54. The maximum atomic E-state index is 14.8. The molecule has 0 aromatic heterocycles. The Morgan fingerprint density at radius 1 is 1.05 bits per heavy atom. The highest BCUT2D eigenvalue weighted by atomic mass is 35.5. The fraction of sp³-hybridized carbons (Fsp3) is 0.481. The number of rotatable bonds is 11.